The lowest BCUT2D eigenvalue weighted by Gasteiger charge is -2.35. The minimum Gasteiger partial charge on any atom is -0.387 e. The van der Waals surface area contributed by atoms with Crippen LogP contribution in [0.4, 0.5) is 0 Å². The average molecular weight is 1970 g/mol. The summed E-state index contributed by atoms with van der Waals surface area (Å²) < 4.78 is 2.54. The summed E-state index contributed by atoms with van der Waals surface area (Å²) in [5.74, 6) is 0. The second-order valence-electron chi connectivity index (χ2n) is 44.1. The summed E-state index contributed by atoms with van der Waals surface area (Å²) in [5.41, 5.74) is 44.3. The van der Waals surface area contributed by atoms with Crippen LogP contribution in [0.1, 0.15) is 317 Å². The lowest BCUT2D eigenvalue weighted by atomic mass is 9.68. The molecule has 712 valence electrons. The highest BCUT2D eigenvalue weighted by atomic mass is 79.9. The number of hydrogen-bond donors (Lipinski definition) is 4. The molecule has 140 heavy (non-hydrogen) atoms. The predicted molar refractivity (Wildman–Crippen MR) is 594 cm³/mol. The van der Waals surface area contributed by atoms with Crippen molar-refractivity contribution in [3.63, 3.8) is 0 Å². The van der Waals surface area contributed by atoms with Crippen molar-refractivity contribution < 1.29 is 20.4 Å². The standard InChI is InChI=1S/C60H56B2.C60H56Br2.2C6H14O2/c2*61-57-40-46(18-6-2-4-16-36-60(48-34-32-42-28-30-44(42)38-48)55-25-13-9-21-51(55)52-22-10-14-26-56(52)60)58(62)39-45(57)17-5-1-3-15-35-59(47-33-31-41-27-29-43(41)37-47)53-23-11-7-19-49(53)50-20-8-12-24-54(50)59;2*1-5(2,7)6(3,4)8/h2*7-14,19-26,31-34,37-40H,1-6,15-18,27-30,35-36H2;2*7-8H,1-4H3. The zero-order chi connectivity index (χ0) is 97.4. The minimum absolute atomic E-state index is 0.0687. The third-order valence-electron chi connectivity index (χ3n) is 34.3. The Labute approximate surface area is 855 Å². The molecule has 4 nitrogen and oxygen atoms in total. The first-order valence-electron chi connectivity index (χ1n) is 52.9. The molecule has 0 bridgehead atoms. The molecule has 4 N–H and O–H groups in total. The highest BCUT2D eigenvalue weighted by molar-refractivity contribution is 9.11. The Morgan fingerprint density at radius 2 is 0.393 bits per heavy atom. The first-order valence-corrected chi connectivity index (χ1v) is 54.5. The van der Waals surface area contributed by atoms with E-state index in [9.17, 15) is 0 Å². The molecule has 0 unspecified atom stereocenters. The Hall–Kier alpha value is -9.99. The van der Waals surface area contributed by atoms with Crippen LogP contribution in [-0.2, 0) is 98.7 Å². The summed E-state index contributed by atoms with van der Waals surface area (Å²) in [4.78, 5) is 0. The van der Waals surface area contributed by atoms with Crippen LogP contribution in [0.2, 0.25) is 0 Å². The van der Waals surface area contributed by atoms with Gasteiger partial charge in [0.25, 0.3) is 0 Å². The van der Waals surface area contributed by atoms with Crippen molar-refractivity contribution in [1.29, 1.82) is 0 Å². The predicted octanol–water partition coefficient (Wildman–Crippen LogP) is 30.0. The molecule has 4 radical (unpaired) electrons. The number of halogens is 2. The van der Waals surface area contributed by atoms with Crippen LogP contribution in [-0.4, -0.2) is 58.5 Å². The zero-order valence-electron chi connectivity index (χ0n) is 84.0. The lowest BCUT2D eigenvalue weighted by molar-refractivity contribution is -0.107. The number of rotatable bonds is 34. The van der Waals surface area contributed by atoms with Crippen LogP contribution in [0.3, 0.4) is 0 Å². The van der Waals surface area contributed by atoms with Gasteiger partial charge < -0.3 is 20.4 Å². The molecule has 8 aliphatic rings. The van der Waals surface area contributed by atoms with Gasteiger partial charge in [0.1, 0.15) is 15.7 Å². The normalized spacial score (nSPS) is 15.2. The van der Waals surface area contributed by atoms with Crippen LogP contribution in [0.15, 0.2) is 300 Å². The monoisotopic (exact) mass is 1970 g/mol. The maximum atomic E-state index is 9.10. The zero-order valence-corrected chi connectivity index (χ0v) is 87.2. The summed E-state index contributed by atoms with van der Waals surface area (Å²) in [6, 6.07) is 112. The fraction of sp³-hybridized carbons (Fsp3) is 0.364. The van der Waals surface area contributed by atoms with Crippen molar-refractivity contribution in [1.82, 2.24) is 0 Å². The van der Waals surface area contributed by atoms with Crippen LogP contribution < -0.4 is 10.9 Å². The van der Waals surface area contributed by atoms with Gasteiger partial charge in [-0.2, -0.15) is 0 Å². The number of aliphatic hydroxyl groups is 4. The van der Waals surface area contributed by atoms with E-state index in [1.54, 1.807) is 88.8 Å². The number of aryl methyl sites for hydroxylation is 12. The molecule has 22 rings (SSSR count). The SMILES string of the molecule is Brc1cc(CCCCCCC2(c3ccc4c(c3)CC4)c3ccccc3-c3ccccc32)c(Br)cc1CCCCCCC1(c2ccc3c(c2)CC3)c2ccccc2-c2ccccc21.CC(C)(O)C(C)(C)O.CC(C)(O)C(C)(C)O.[B]c1cc(CCCCCCC2(c3ccc4c(c3)CC4)c3ccccc3-c3ccccc32)c([B])cc1CCCCCCC1(c2ccc3c(c2)CC3)c2ccccc2-c2ccccc21. The van der Waals surface area contributed by atoms with Gasteiger partial charge in [-0.25, -0.2) is 0 Å². The number of fused-ring (bicyclic) bond motifs is 16. The van der Waals surface area contributed by atoms with Crippen molar-refractivity contribution in [2.45, 2.75) is 305 Å². The molecule has 0 atom stereocenters. The van der Waals surface area contributed by atoms with Crippen LogP contribution in [0.5, 0.6) is 0 Å². The van der Waals surface area contributed by atoms with Gasteiger partial charge in [-0.15, -0.1) is 0 Å². The van der Waals surface area contributed by atoms with E-state index in [2.05, 4.69) is 323 Å². The van der Waals surface area contributed by atoms with E-state index < -0.39 is 22.4 Å². The molecular formula is C132H140B2Br2O4. The van der Waals surface area contributed by atoms with E-state index in [1.165, 1.54) is 295 Å². The number of unbranched alkanes of at least 4 members (excludes halogenated alkanes) is 12. The average Bonchev–Trinajstić information content (AvgIpc) is 1.57. The smallest absolute Gasteiger partial charge is 0.114 e. The number of benzene rings is 14. The molecule has 0 aromatic heterocycles. The molecule has 0 heterocycles. The van der Waals surface area contributed by atoms with E-state index in [-0.39, 0.29) is 21.7 Å². The van der Waals surface area contributed by atoms with E-state index in [0.29, 0.717) is 0 Å². The lowest BCUT2D eigenvalue weighted by Crippen LogP contribution is -2.44. The molecule has 0 saturated heterocycles. The molecule has 0 amide bonds. The quantitative estimate of drug-likeness (QED) is 0.0239. The maximum Gasteiger partial charge on any atom is 0.114 e. The maximum absolute atomic E-state index is 9.10. The first kappa shape index (κ1) is 98.8. The van der Waals surface area contributed by atoms with Gasteiger partial charge in [0.15, 0.2) is 0 Å². The van der Waals surface area contributed by atoms with Gasteiger partial charge in [-0.3, -0.25) is 0 Å². The van der Waals surface area contributed by atoms with Gasteiger partial charge in [0, 0.05) is 30.6 Å². The minimum atomic E-state index is -1.01. The third kappa shape index (κ3) is 19.2. The van der Waals surface area contributed by atoms with Gasteiger partial charge in [-0.05, 0) is 363 Å². The van der Waals surface area contributed by atoms with E-state index >= 15 is 0 Å². The summed E-state index contributed by atoms with van der Waals surface area (Å²) >= 11 is 8.01. The van der Waals surface area contributed by atoms with Crippen molar-refractivity contribution >= 4 is 58.5 Å². The molecule has 14 aromatic rings. The fourth-order valence-electron chi connectivity index (χ4n) is 24.5. The summed E-state index contributed by atoms with van der Waals surface area (Å²) in [5, 5.41) is 36.4. The highest BCUT2D eigenvalue weighted by Gasteiger charge is 2.50. The molecule has 8 aliphatic carbocycles. The second kappa shape index (κ2) is 41.4. The molecule has 14 aromatic carbocycles. The van der Waals surface area contributed by atoms with Crippen molar-refractivity contribution in [3.8, 4) is 44.5 Å². The molecule has 0 aliphatic heterocycles. The first-order chi connectivity index (χ1) is 67.6. The van der Waals surface area contributed by atoms with Crippen LogP contribution >= 0.6 is 31.9 Å². The molecule has 8 heteroatoms. The Morgan fingerprint density at radius 3 is 0.571 bits per heavy atom. The molecular weight excluding hydrogens is 1830 g/mol. The van der Waals surface area contributed by atoms with Crippen molar-refractivity contribution in [3.05, 3.63) is 434 Å². The second-order valence-corrected chi connectivity index (χ2v) is 45.8. The van der Waals surface area contributed by atoms with Gasteiger partial charge in [0.05, 0.1) is 22.4 Å². The Bertz CT molecular complexity index is 5860. The van der Waals surface area contributed by atoms with E-state index in [4.69, 9.17) is 36.1 Å². The Morgan fingerprint density at radius 1 is 0.214 bits per heavy atom. The summed E-state index contributed by atoms with van der Waals surface area (Å²) in [6.45, 7) is 12.6. The van der Waals surface area contributed by atoms with Gasteiger partial charge in [0.2, 0.25) is 0 Å². The van der Waals surface area contributed by atoms with Crippen LogP contribution in [0, 0.1) is 0 Å². The van der Waals surface area contributed by atoms with Crippen LogP contribution in [0.25, 0.3) is 44.5 Å². The number of hydrogen-bond acceptors (Lipinski definition) is 4. The topological polar surface area (TPSA) is 80.9 Å². The van der Waals surface area contributed by atoms with E-state index in [1.807, 2.05) is 0 Å². The van der Waals surface area contributed by atoms with E-state index in [0.717, 1.165) is 75.1 Å². The van der Waals surface area contributed by atoms with Crippen molar-refractivity contribution in [2.75, 3.05) is 0 Å². The Balaban J connectivity index is 0.000000154. The molecule has 0 fully saturated rings. The largest absolute Gasteiger partial charge is 0.387 e. The third-order valence-corrected chi connectivity index (χ3v) is 35.8. The summed E-state index contributed by atoms with van der Waals surface area (Å²) in [6.07, 6.45) is 37.8. The van der Waals surface area contributed by atoms with Gasteiger partial charge in [-0.1, -0.05) is 410 Å². The molecule has 0 saturated carbocycles. The summed E-state index contributed by atoms with van der Waals surface area (Å²) in [7, 11) is 13.5. The molecule has 0 spiro atoms. The highest BCUT2D eigenvalue weighted by Crippen LogP contribution is 2.61. The Kier molecular flexibility index (Phi) is 29.2. The fourth-order valence-corrected chi connectivity index (χ4v) is 25.6. The van der Waals surface area contributed by atoms with Gasteiger partial charge >= 0.3 is 0 Å². The van der Waals surface area contributed by atoms with Crippen molar-refractivity contribution in [2.24, 2.45) is 0 Å².